The smallest absolute Gasteiger partial charge is 0.164 e. The Morgan fingerprint density at radius 2 is 1.90 bits per heavy atom. The fourth-order valence-corrected chi connectivity index (χ4v) is 2.21. The van der Waals surface area contributed by atoms with Gasteiger partial charge in [-0.15, -0.1) is 0 Å². The summed E-state index contributed by atoms with van der Waals surface area (Å²) in [6.07, 6.45) is 0.357. The minimum atomic E-state index is 0.0102. The van der Waals surface area contributed by atoms with Crippen LogP contribution in [-0.2, 0) is 0 Å². The number of halogens is 2. The van der Waals surface area contributed by atoms with Crippen LogP contribution in [0.1, 0.15) is 16.8 Å². The summed E-state index contributed by atoms with van der Waals surface area (Å²) in [7, 11) is 1.61. The number of hydrogen-bond acceptors (Lipinski definition) is 3. The highest BCUT2D eigenvalue weighted by atomic mass is 35.5. The van der Waals surface area contributed by atoms with Crippen LogP contribution in [0.4, 0.5) is 5.69 Å². The third kappa shape index (κ3) is 4.13. The molecule has 0 aliphatic rings. The molecule has 2 aromatic rings. The molecule has 0 aromatic heterocycles. The van der Waals surface area contributed by atoms with Crippen LogP contribution in [0.2, 0.25) is 10.0 Å². The molecule has 0 radical (unpaired) electrons. The van der Waals surface area contributed by atoms with Crippen molar-refractivity contribution in [1.82, 2.24) is 0 Å². The molecule has 0 saturated heterocycles. The monoisotopic (exact) mass is 323 g/mol. The zero-order valence-corrected chi connectivity index (χ0v) is 13.0. The molecular weight excluding hydrogens is 309 g/mol. The van der Waals surface area contributed by atoms with Gasteiger partial charge in [0, 0.05) is 18.5 Å². The molecule has 0 saturated carbocycles. The molecule has 0 unspecified atom stereocenters. The predicted molar refractivity (Wildman–Crippen MR) is 86.9 cm³/mol. The normalized spacial score (nSPS) is 10.2. The van der Waals surface area contributed by atoms with Gasteiger partial charge >= 0.3 is 0 Å². The molecule has 3 nitrogen and oxygen atoms in total. The summed E-state index contributed by atoms with van der Waals surface area (Å²) in [4.78, 5) is 12.1. The van der Waals surface area contributed by atoms with Gasteiger partial charge in [-0.05, 0) is 30.3 Å². The number of rotatable bonds is 6. The maximum Gasteiger partial charge on any atom is 0.164 e. The van der Waals surface area contributed by atoms with Crippen LogP contribution >= 0.6 is 23.2 Å². The fourth-order valence-electron chi connectivity index (χ4n) is 1.92. The van der Waals surface area contributed by atoms with E-state index < -0.39 is 0 Å². The van der Waals surface area contributed by atoms with E-state index in [2.05, 4.69) is 5.32 Å². The molecule has 110 valence electrons. The SMILES string of the molecule is COc1ccccc1NCCC(=O)c1ccc(Cl)c(Cl)c1. The Hall–Kier alpha value is -1.71. The molecule has 1 N–H and O–H groups in total. The van der Waals surface area contributed by atoms with Crippen molar-refractivity contribution in [2.45, 2.75) is 6.42 Å². The number of methoxy groups -OCH3 is 1. The van der Waals surface area contributed by atoms with Crippen LogP contribution < -0.4 is 10.1 Å². The number of ether oxygens (including phenoxy) is 1. The van der Waals surface area contributed by atoms with Gasteiger partial charge in [-0.1, -0.05) is 35.3 Å². The number of benzene rings is 2. The standard InChI is InChI=1S/C16H15Cl2NO2/c1-21-16-5-3-2-4-14(16)19-9-8-15(20)11-6-7-12(17)13(18)10-11/h2-7,10,19H,8-9H2,1H3. The zero-order valence-electron chi connectivity index (χ0n) is 11.5. The van der Waals surface area contributed by atoms with Crippen LogP contribution in [0.5, 0.6) is 5.75 Å². The lowest BCUT2D eigenvalue weighted by Crippen LogP contribution is -2.09. The van der Waals surface area contributed by atoms with Gasteiger partial charge in [0.05, 0.1) is 22.8 Å². The van der Waals surface area contributed by atoms with Crippen molar-refractivity contribution in [2.24, 2.45) is 0 Å². The largest absolute Gasteiger partial charge is 0.495 e. The molecule has 21 heavy (non-hydrogen) atoms. The lowest BCUT2D eigenvalue weighted by Gasteiger charge is -2.10. The van der Waals surface area contributed by atoms with E-state index in [1.807, 2.05) is 24.3 Å². The summed E-state index contributed by atoms with van der Waals surface area (Å²) in [5.41, 5.74) is 1.42. The summed E-state index contributed by atoms with van der Waals surface area (Å²) in [5.74, 6) is 0.760. The quantitative estimate of drug-likeness (QED) is 0.784. The van der Waals surface area contributed by atoms with Crippen molar-refractivity contribution in [2.75, 3.05) is 19.0 Å². The number of nitrogens with one attached hydrogen (secondary N) is 1. The van der Waals surface area contributed by atoms with E-state index in [4.69, 9.17) is 27.9 Å². The first-order valence-corrected chi connectivity index (χ1v) is 7.22. The lowest BCUT2D eigenvalue weighted by molar-refractivity contribution is 0.0986. The minimum Gasteiger partial charge on any atom is -0.495 e. The van der Waals surface area contributed by atoms with Crippen molar-refractivity contribution in [3.63, 3.8) is 0 Å². The van der Waals surface area contributed by atoms with Gasteiger partial charge in [-0.2, -0.15) is 0 Å². The molecule has 0 heterocycles. The van der Waals surface area contributed by atoms with Crippen LogP contribution in [0.3, 0.4) is 0 Å². The van der Waals surface area contributed by atoms with Gasteiger partial charge in [0.2, 0.25) is 0 Å². The van der Waals surface area contributed by atoms with E-state index in [-0.39, 0.29) is 5.78 Å². The number of para-hydroxylation sites is 2. The number of anilines is 1. The van der Waals surface area contributed by atoms with E-state index in [9.17, 15) is 4.79 Å². The van der Waals surface area contributed by atoms with Crippen LogP contribution in [0.15, 0.2) is 42.5 Å². The maximum absolute atomic E-state index is 12.1. The van der Waals surface area contributed by atoms with Crippen molar-refractivity contribution in [3.05, 3.63) is 58.1 Å². The third-order valence-corrected chi connectivity index (χ3v) is 3.76. The molecular formula is C16H15Cl2NO2. The second-order valence-corrected chi connectivity index (χ2v) is 5.24. The zero-order chi connectivity index (χ0) is 15.2. The highest BCUT2D eigenvalue weighted by Crippen LogP contribution is 2.24. The predicted octanol–water partition coefficient (Wildman–Crippen LogP) is 4.69. The molecule has 0 amide bonds. The van der Waals surface area contributed by atoms with Crippen LogP contribution in [0, 0.1) is 0 Å². The molecule has 0 spiro atoms. The Morgan fingerprint density at radius 1 is 1.14 bits per heavy atom. The first kappa shape index (κ1) is 15.7. The molecule has 0 aliphatic heterocycles. The highest BCUT2D eigenvalue weighted by Gasteiger charge is 2.08. The molecule has 5 heteroatoms. The Labute approximate surface area is 133 Å². The van der Waals surface area contributed by atoms with Gasteiger partial charge < -0.3 is 10.1 Å². The Balaban J connectivity index is 1.93. The maximum atomic E-state index is 12.1. The third-order valence-electron chi connectivity index (χ3n) is 3.02. The van der Waals surface area contributed by atoms with Gasteiger partial charge in [0.25, 0.3) is 0 Å². The lowest BCUT2D eigenvalue weighted by atomic mass is 10.1. The van der Waals surface area contributed by atoms with Crippen molar-refractivity contribution in [1.29, 1.82) is 0 Å². The summed E-state index contributed by atoms with van der Waals surface area (Å²) in [6, 6.07) is 12.5. The first-order chi connectivity index (χ1) is 10.1. The van der Waals surface area contributed by atoms with Crippen molar-refractivity contribution >= 4 is 34.7 Å². The van der Waals surface area contributed by atoms with Gasteiger partial charge in [0.1, 0.15) is 5.75 Å². The van der Waals surface area contributed by atoms with Gasteiger partial charge in [-0.3, -0.25) is 4.79 Å². The topological polar surface area (TPSA) is 38.3 Å². The Kier molecular flexibility index (Phi) is 5.48. The minimum absolute atomic E-state index is 0.0102. The van der Waals surface area contributed by atoms with E-state index in [1.165, 1.54) is 0 Å². The van der Waals surface area contributed by atoms with Crippen LogP contribution in [0.25, 0.3) is 0 Å². The summed E-state index contributed by atoms with van der Waals surface area (Å²) >= 11 is 11.7. The van der Waals surface area contributed by atoms with Gasteiger partial charge in [-0.25, -0.2) is 0 Å². The van der Waals surface area contributed by atoms with E-state index in [0.717, 1.165) is 11.4 Å². The number of ketones is 1. The summed E-state index contributed by atoms with van der Waals surface area (Å²) < 4.78 is 5.24. The molecule has 0 fully saturated rings. The molecule has 0 atom stereocenters. The fraction of sp³-hybridized carbons (Fsp3) is 0.188. The van der Waals surface area contributed by atoms with Crippen molar-refractivity contribution in [3.8, 4) is 5.75 Å². The molecule has 2 aromatic carbocycles. The summed E-state index contributed by atoms with van der Waals surface area (Å²) in [6.45, 7) is 0.513. The average molecular weight is 324 g/mol. The Morgan fingerprint density at radius 3 is 2.62 bits per heavy atom. The molecule has 0 bridgehead atoms. The first-order valence-electron chi connectivity index (χ1n) is 6.47. The number of hydrogen-bond donors (Lipinski definition) is 1. The average Bonchev–Trinajstić information content (AvgIpc) is 2.50. The van der Waals surface area contributed by atoms with Gasteiger partial charge in [0.15, 0.2) is 5.78 Å². The number of Topliss-reactive ketones (excluding diaryl/α,β-unsaturated/α-hetero) is 1. The second kappa shape index (κ2) is 7.34. The van der Waals surface area contributed by atoms with E-state index >= 15 is 0 Å². The molecule has 0 aliphatic carbocycles. The van der Waals surface area contributed by atoms with E-state index in [1.54, 1.807) is 25.3 Å². The highest BCUT2D eigenvalue weighted by molar-refractivity contribution is 6.42. The number of carbonyl (C=O) groups excluding carboxylic acids is 1. The van der Waals surface area contributed by atoms with Crippen molar-refractivity contribution < 1.29 is 9.53 Å². The number of carbonyl (C=O) groups is 1. The van der Waals surface area contributed by atoms with Crippen LogP contribution in [-0.4, -0.2) is 19.4 Å². The van der Waals surface area contributed by atoms with E-state index in [0.29, 0.717) is 28.6 Å². The Bertz CT molecular complexity index is 644. The molecule has 2 rings (SSSR count). The second-order valence-electron chi connectivity index (χ2n) is 4.43. The summed E-state index contributed by atoms with van der Waals surface area (Å²) in [5, 5.41) is 4.02.